The molecule has 3 heterocycles. The second-order valence-electron chi connectivity index (χ2n) is 8.31. The average Bonchev–Trinajstić information content (AvgIpc) is 3.15. The third kappa shape index (κ3) is 4.01. The summed E-state index contributed by atoms with van der Waals surface area (Å²) in [6.45, 7) is 9.62. The summed E-state index contributed by atoms with van der Waals surface area (Å²) in [6, 6.07) is 12.1. The molecule has 1 aromatic carbocycles. The van der Waals surface area contributed by atoms with Gasteiger partial charge in [0, 0.05) is 37.3 Å². The Bertz CT molecular complexity index is 1010. The number of hydrogen-bond donors (Lipinski definition) is 0. The van der Waals surface area contributed by atoms with Gasteiger partial charge in [-0.1, -0.05) is 30.3 Å². The van der Waals surface area contributed by atoms with Crippen LogP contribution in [-0.2, 0) is 4.74 Å². The van der Waals surface area contributed by atoms with Crippen LogP contribution in [0.1, 0.15) is 27.7 Å². The van der Waals surface area contributed by atoms with Gasteiger partial charge in [0.2, 0.25) is 0 Å². The van der Waals surface area contributed by atoms with Crippen molar-refractivity contribution in [2.45, 2.75) is 39.3 Å². The summed E-state index contributed by atoms with van der Waals surface area (Å²) in [5.41, 5.74) is 1.37. The normalized spacial score (nSPS) is 17.6. The van der Waals surface area contributed by atoms with Crippen LogP contribution < -0.4 is 4.90 Å². The molecule has 1 fully saturated rings. The lowest BCUT2D eigenvalue weighted by Gasteiger charge is -2.41. The fourth-order valence-corrected chi connectivity index (χ4v) is 3.54. The molecule has 8 heteroatoms. The van der Waals surface area contributed by atoms with Gasteiger partial charge in [0.1, 0.15) is 17.7 Å². The van der Waals surface area contributed by atoms with Crippen molar-refractivity contribution < 1.29 is 9.53 Å². The first-order chi connectivity index (χ1) is 13.8. The van der Waals surface area contributed by atoms with Gasteiger partial charge in [-0.2, -0.15) is 14.6 Å². The van der Waals surface area contributed by atoms with Gasteiger partial charge in [-0.05, 0) is 27.7 Å². The second kappa shape index (κ2) is 7.35. The number of nitrogens with zero attached hydrogens (tertiary/aromatic N) is 6. The van der Waals surface area contributed by atoms with Crippen LogP contribution in [0, 0.1) is 0 Å². The molecule has 0 radical (unpaired) electrons. The van der Waals surface area contributed by atoms with Gasteiger partial charge < -0.3 is 14.5 Å². The third-order valence-electron chi connectivity index (χ3n) is 4.88. The number of carbonyl (C=O) groups is 1. The molecule has 1 atom stereocenters. The Morgan fingerprint density at radius 1 is 1.17 bits per heavy atom. The van der Waals surface area contributed by atoms with Gasteiger partial charge in [0.15, 0.2) is 0 Å². The van der Waals surface area contributed by atoms with E-state index in [-0.39, 0.29) is 12.1 Å². The molecule has 1 aliphatic heterocycles. The fourth-order valence-electron chi connectivity index (χ4n) is 3.54. The van der Waals surface area contributed by atoms with Crippen molar-refractivity contribution in [1.82, 2.24) is 24.5 Å². The van der Waals surface area contributed by atoms with Crippen molar-refractivity contribution in [3.8, 4) is 11.3 Å². The Morgan fingerprint density at radius 3 is 2.62 bits per heavy atom. The van der Waals surface area contributed by atoms with Crippen LogP contribution in [0.4, 0.5) is 10.6 Å². The minimum Gasteiger partial charge on any atom is -0.444 e. The van der Waals surface area contributed by atoms with E-state index in [4.69, 9.17) is 4.74 Å². The summed E-state index contributed by atoms with van der Waals surface area (Å²) in [7, 11) is 0. The molecule has 1 aliphatic rings. The van der Waals surface area contributed by atoms with Crippen LogP contribution >= 0.6 is 0 Å². The van der Waals surface area contributed by atoms with Gasteiger partial charge in [-0.25, -0.2) is 9.78 Å². The molecule has 29 heavy (non-hydrogen) atoms. The summed E-state index contributed by atoms with van der Waals surface area (Å²) in [5, 5.41) is 4.35. The summed E-state index contributed by atoms with van der Waals surface area (Å²) in [6.07, 6.45) is 1.25. The predicted octanol–water partition coefficient (Wildman–Crippen LogP) is 3.24. The largest absolute Gasteiger partial charge is 0.444 e. The summed E-state index contributed by atoms with van der Waals surface area (Å²) in [4.78, 5) is 25.5. The topological polar surface area (TPSA) is 75.9 Å². The quantitative estimate of drug-likeness (QED) is 0.664. The number of benzene rings is 1. The van der Waals surface area contributed by atoms with Gasteiger partial charge in [0.05, 0.1) is 5.69 Å². The number of carbonyl (C=O) groups excluding carboxylic acids is 1. The van der Waals surface area contributed by atoms with E-state index in [0.29, 0.717) is 25.4 Å². The van der Waals surface area contributed by atoms with Crippen molar-refractivity contribution in [2.75, 3.05) is 24.5 Å². The highest BCUT2D eigenvalue weighted by Crippen LogP contribution is 2.26. The number of piperazine rings is 1. The molecular weight excluding hydrogens is 368 g/mol. The van der Waals surface area contributed by atoms with E-state index in [1.807, 2.05) is 64.1 Å². The van der Waals surface area contributed by atoms with Crippen LogP contribution in [0.15, 0.2) is 42.7 Å². The third-order valence-corrected chi connectivity index (χ3v) is 4.88. The van der Waals surface area contributed by atoms with Crippen molar-refractivity contribution in [3.63, 3.8) is 0 Å². The van der Waals surface area contributed by atoms with Crippen molar-refractivity contribution in [2.24, 2.45) is 0 Å². The van der Waals surface area contributed by atoms with Gasteiger partial charge in [-0.15, -0.1) is 0 Å². The van der Waals surface area contributed by atoms with E-state index < -0.39 is 5.60 Å². The molecular formula is C21H26N6O2. The summed E-state index contributed by atoms with van der Waals surface area (Å²) in [5.74, 6) is 1.48. The van der Waals surface area contributed by atoms with Crippen LogP contribution in [0.3, 0.4) is 0 Å². The zero-order valence-electron chi connectivity index (χ0n) is 17.2. The highest BCUT2D eigenvalue weighted by atomic mass is 16.6. The number of hydrogen-bond acceptors (Lipinski definition) is 6. The zero-order valence-corrected chi connectivity index (χ0v) is 17.2. The van der Waals surface area contributed by atoms with E-state index >= 15 is 0 Å². The molecule has 3 aromatic rings. The molecule has 8 nitrogen and oxygen atoms in total. The number of amides is 1. The lowest BCUT2D eigenvalue weighted by atomic mass is 10.1. The molecule has 2 aromatic heterocycles. The van der Waals surface area contributed by atoms with Crippen LogP contribution in [0.5, 0.6) is 0 Å². The lowest BCUT2D eigenvalue weighted by Crippen LogP contribution is -2.55. The molecule has 0 bridgehead atoms. The summed E-state index contributed by atoms with van der Waals surface area (Å²) >= 11 is 0. The molecule has 1 amide bonds. The maximum absolute atomic E-state index is 12.5. The SMILES string of the molecule is C[C@@H]1CN(c2cc(-c3ccccc3)nc3ncnn23)CCN1C(=O)OC(C)(C)C. The lowest BCUT2D eigenvalue weighted by molar-refractivity contribution is 0.0158. The molecule has 0 spiro atoms. The summed E-state index contributed by atoms with van der Waals surface area (Å²) < 4.78 is 7.31. The molecule has 0 aliphatic carbocycles. The van der Waals surface area contributed by atoms with Crippen molar-refractivity contribution in [3.05, 3.63) is 42.7 Å². The number of aromatic nitrogens is 4. The average molecular weight is 394 g/mol. The maximum Gasteiger partial charge on any atom is 0.410 e. The van der Waals surface area contributed by atoms with E-state index in [0.717, 1.165) is 17.1 Å². The fraction of sp³-hybridized carbons (Fsp3) is 0.429. The number of rotatable bonds is 2. The number of ether oxygens (including phenoxy) is 1. The molecule has 0 saturated carbocycles. The minimum absolute atomic E-state index is 0.00510. The maximum atomic E-state index is 12.5. The number of fused-ring (bicyclic) bond motifs is 1. The van der Waals surface area contributed by atoms with E-state index in [1.165, 1.54) is 6.33 Å². The highest BCUT2D eigenvalue weighted by molar-refractivity contribution is 5.70. The zero-order chi connectivity index (χ0) is 20.6. The molecule has 1 saturated heterocycles. The van der Waals surface area contributed by atoms with Crippen LogP contribution in [-0.4, -0.2) is 61.9 Å². The monoisotopic (exact) mass is 394 g/mol. The Balaban J connectivity index is 1.61. The Kier molecular flexibility index (Phi) is 4.86. The van der Waals surface area contributed by atoms with E-state index in [2.05, 4.69) is 20.0 Å². The van der Waals surface area contributed by atoms with Crippen LogP contribution in [0.25, 0.3) is 17.0 Å². The molecule has 0 N–H and O–H groups in total. The molecule has 0 unspecified atom stereocenters. The Morgan fingerprint density at radius 2 is 1.93 bits per heavy atom. The smallest absolute Gasteiger partial charge is 0.410 e. The predicted molar refractivity (Wildman–Crippen MR) is 111 cm³/mol. The van der Waals surface area contributed by atoms with Crippen LogP contribution in [0.2, 0.25) is 0 Å². The minimum atomic E-state index is -0.503. The Labute approximate surface area is 170 Å². The number of anilines is 1. The molecule has 152 valence electrons. The first-order valence-corrected chi connectivity index (χ1v) is 9.82. The van der Waals surface area contributed by atoms with Crippen molar-refractivity contribution in [1.29, 1.82) is 0 Å². The van der Waals surface area contributed by atoms with E-state index in [1.54, 1.807) is 9.42 Å². The standard InChI is InChI=1S/C21H26N6O2/c1-15-13-25(10-11-26(15)20(28)29-21(2,3)4)18-12-17(16-8-6-5-7-9-16)24-19-22-14-23-27(18)19/h5-9,12,14-15H,10-11,13H2,1-4H3/t15-/m1/s1. The van der Waals surface area contributed by atoms with Gasteiger partial charge >= 0.3 is 6.09 Å². The van der Waals surface area contributed by atoms with Gasteiger partial charge in [0.25, 0.3) is 5.78 Å². The van der Waals surface area contributed by atoms with Crippen molar-refractivity contribution >= 4 is 17.7 Å². The van der Waals surface area contributed by atoms with Gasteiger partial charge in [-0.3, -0.25) is 0 Å². The first kappa shape index (κ1) is 19.2. The highest BCUT2D eigenvalue weighted by Gasteiger charge is 2.32. The van der Waals surface area contributed by atoms with E-state index in [9.17, 15) is 4.79 Å². The second-order valence-corrected chi connectivity index (χ2v) is 8.31. The Hall–Kier alpha value is -3.16. The first-order valence-electron chi connectivity index (χ1n) is 9.82. The molecule has 4 rings (SSSR count).